The second-order valence-corrected chi connectivity index (χ2v) is 5.95. The predicted octanol–water partition coefficient (Wildman–Crippen LogP) is 2.27. The van der Waals surface area contributed by atoms with Crippen LogP contribution in [0.3, 0.4) is 0 Å². The monoisotopic (exact) mass is 420 g/mol. The standard InChI is InChI=1S/C21H24O9/c1-12(23)29-21-16(27-4)9-13(10-17(21)28-5)19(24)18(11-22)30-20-14(25-2)7-6-8-15(20)26-3/h6-10,18,22H,11H2,1-5H3. The maximum Gasteiger partial charge on any atom is 0.308 e. The Hall–Kier alpha value is -3.46. The lowest BCUT2D eigenvalue weighted by Gasteiger charge is -2.20. The van der Waals surface area contributed by atoms with Gasteiger partial charge in [0.25, 0.3) is 0 Å². The van der Waals surface area contributed by atoms with Gasteiger partial charge >= 0.3 is 5.97 Å². The van der Waals surface area contributed by atoms with Gasteiger partial charge < -0.3 is 33.5 Å². The van der Waals surface area contributed by atoms with Crippen LogP contribution in [0.15, 0.2) is 30.3 Å². The zero-order chi connectivity index (χ0) is 22.3. The third kappa shape index (κ3) is 4.93. The number of aliphatic hydroxyl groups excluding tert-OH is 1. The highest BCUT2D eigenvalue weighted by Gasteiger charge is 2.27. The van der Waals surface area contributed by atoms with Crippen LogP contribution in [-0.4, -0.2) is 58.0 Å². The highest BCUT2D eigenvalue weighted by atomic mass is 16.6. The molecule has 0 bridgehead atoms. The van der Waals surface area contributed by atoms with E-state index >= 15 is 0 Å². The number of methoxy groups -OCH3 is 4. The lowest BCUT2D eigenvalue weighted by atomic mass is 10.0. The number of benzene rings is 2. The molecular weight excluding hydrogens is 396 g/mol. The zero-order valence-corrected chi connectivity index (χ0v) is 17.4. The third-order valence-corrected chi connectivity index (χ3v) is 4.09. The fourth-order valence-corrected chi connectivity index (χ4v) is 2.70. The van der Waals surface area contributed by atoms with Gasteiger partial charge in [-0.1, -0.05) is 6.07 Å². The molecule has 9 heteroatoms. The Morgan fingerprint density at radius 1 is 0.867 bits per heavy atom. The van der Waals surface area contributed by atoms with E-state index in [-0.39, 0.29) is 28.6 Å². The van der Waals surface area contributed by atoms with Gasteiger partial charge in [0.2, 0.25) is 17.3 Å². The van der Waals surface area contributed by atoms with Crippen LogP contribution < -0.4 is 28.4 Å². The molecule has 30 heavy (non-hydrogen) atoms. The van der Waals surface area contributed by atoms with E-state index in [1.807, 2.05) is 0 Å². The molecule has 1 N–H and O–H groups in total. The van der Waals surface area contributed by atoms with Gasteiger partial charge in [-0.15, -0.1) is 0 Å². The van der Waals surface area contributed by atoms with Crippen LogP contribution in [0.1, 0.15) is 17.3 Å². The Balaban J connectivity index is 2.44. The summed E-state index contributed by atoms with van der Waals surface area (Å²) in [6.07, 6.45) is -1.27. The minimum atomic E-state index is -1.27. The van der Waals surface area contributed by atoms with Crippen molar-refractivity contribution in [2.75, 3.05) is 35.0 Å². The Morgan fingerprint density at radius 3 is 1.77 bits per heavy atom. The maximum absolute atomic E-state index is 13.1. The number of hydrogen-bond donors (Lipinski definition) is 1. The largest absolute Gasteiger partial charge is 0.493 e. The Kier molecular flexibility index (Phi) is 7.88. The fourth-order valence-electron chi connectivity index (χ4n) is 2.70. The zero-order valence-electron chi connectivity index (χ0n) is 17.4. The van der Waals surface area contributed by atoms with Crippen LogP contribution in [0.2, 0.25) is 0 Å². The average Bonchev–Trinajstić information content (AvgIpc) is 2.76. The number of ether oxygens (including phenoxy) is 6. The van der Waals surface area contributed by atoms with E-state index in [1.54, 1.807) is 18.2 Å². The van der Waals surface area contributed by atoms with Crippen molar-refractivity contribution < 1.29 is 43.1 Å². The summed E-state index contributed by atoms with van der Waals surface area (Å²) in [5.41, 5.74) is 0.118. The second kappa shape index (κ2) is 10.4. The molecule has 0 fully saturated rings. The summed E-state index contributed by atoms with van der Waals surface area (Å²) in [7, 11) is 5.60. The number of para-hydroxylation sites is 1. The van der Waals surface area contributed by atoms with Crippen molar-refractivity contribution in [3.05, 3.63) is 35.9 Å². The molecule has 0 amide bonds. The quantitative estimate of drug-likeness (QED) is 0.352. The van der Waals surface area contributed by atoms with Crippen LogP contribution in [0, 0.1) is 0 Å². The van der Waals surface area contributed by atoms with Crippen LogP contribution in [-0.2, 0) is 4.79 Å². The van der Waals surface area contributed by atoms with Gasteiger partial charge in [0, 0.05) is 12.5 Å². The first-order valence-electron chi connectivity index (χ1n) is 8.87. The molecule has 0 spiro atoms. The van der Waals surface area contributed by atoms with Gasteiger partial charge in [-0.3, -0.25) is 9.59 Å². The molecule has 2 rings (SSSR count). The van der Waals surface area contributed by atoms with E-state index in [9.17, 15) is 14.7 Å². The number of ketones is 1. The summed E-state index contributed by atoms with van der Waals surface area (Å²) in [4.78, 5) is 24.4. The summed E-state index contributed by atoms with van der Waals surface area (Å²) >= 11 is 0. The molecule has 0 saturated heterocycles. The summed E-state index contributed by atoms with van der Waals surface area (Å²) in [5.74, 6) is -0.0370. The topological polar surface area (TPSA) is 110 Å². The highest BCUT2D eigenvalue weighted by molar-refractivity contribution is 6.01. The summed E-state index contributed by atoms with van der Waals surface area (Å²) < 4.78 is 31.9. The molecule has 0 saturated carbocycles. The van der Waals surface area contributed by atoms with E-state index in [0.717, 1.165) is 0 Å². The Morgan fingerprint density at radius 2 is 1.37 bits per heavy atom. The lowest BCUT2D eigenvalue weighted by molar-refractivity contribution is -0.132. The van der Waals surface area contributed by atoms with E-state index in [4.69, 9.17) is 28.4 Å². The smallest absolute Gasteiger partial charge is 0.308 e. The molecule has 1 atom stereocenters. The van der Waals surface area contributed by atoms with E-state index < -0.39 is 24.5 Å². The fraction of sp³-hybridized carbons (Fsp3) is 0.333. The Labute approximate surface area is 174 Å². The molecular formula is C21H24O9. The lowest BCUT2D eigenvalue weighted by Crippen LogP contribution is -2.31. The Bertz CT molecular complexity index is 860. The minimum absolute atomic E-state index is 0.0388. The number of rotatable bonds is 10. The van der Waals surface area contributed by atoms with Crippen molar-refractivity contribution in [3.63, 3.8) is 0 Å². The van der Waals surface area contributed by atoms with Crippen LogP contribution in [0.5, 0.6) is 34.5 Å². The highest BCUT2D eigenvalue weighted by Crippen LogP contribution is 2.40. The number of hydrogen-bond acceptors (Lipinski definition) is 9. The number of carbonyl (C=O) groups is 2. The van der Waals surface area contributed by atoms with Crippen molar-refractivity contribution in [1.82, 2.24) is 0 Å². The molecule has 162 valence electrons. The van der Waals surface area contributed by atoms with E-state index in [1.165, 1.54) is 47.5 Å². The second-order valence-electron chi connectivity index (χ2n) is 5.95. The molecule has 0 radical (unpaired) electrons. The maximum atomic E-state index is 13.1. The summed E-state index contributed by atoms with van der Waals surface area (Å²) in [5, 5.41) is 9.81. The molecule has 2 aromatic rings. The van der Waals surface area contributed by atoms with Gasteiger partial charge in [0.15, 0.2) is 29.1 Å². The van der Waals surface area contributed by atoms with Crippen LogP contribution >= 0.6 is 0 Å². The summed E-state index contributed by atoms with van der Waals surface area (Å²) in [6, 6.07) is 7.71. The molecule has 2 aromatic carbocycles. The molecule has 9 nitrogen and oxygen atoms in total. The van der Waals surface area contributed by atoms with Gasteiger partial charge in [-0.05, 0) is 24.3 Å². The number of carbonyl (C=O) groups excluding carboxylic acids is 2. The number of aliphatic hydroxyl groups is 1. The molecule has 0 aliphatic heterocycles. The van der Waals surface area contributed by atoms with Crippen LogP contribution in [0.25, 0.3) is 0 Å². The van der Waals surface area contributed by atoms with Crippen LogP contribution in [0.4, 0.5) is 0 Å². The number of Topliss-reactive ketones (excluding diaryl/α,β-unsaturated/α-hetero) is 1. The van der Waals surface area contributed by atoms with Crippen molar-refractivity contribution in [3.8, 4) is 34.5 Å². The van der Waals surface area contributed by atoms with Gasteiger partial charge in [-0.2, -0.15) is 0 Å². The molecule has 0 heterocycles. The van der Waals surface area contributed by atoms with Crippen molar-refractivity contribution in [2.45, 2.75) is 13.0 Å². The van der Waals surface area contributed by atoms with Gasteiger partial charge in [0.1, 0.15) is 0 Å². The van der Waals surface area contributed by atoms with E-state index in [2.05, 4.69) is 0 Å². The van der Waals surface area contributed by atoms with Gasteiger partial charge in [0.05, 0.1) is 35.0 Å². The van der Waals surface area contributed by atoms with Crippen molar-refractivity contribution in [2.24, 2.45) is 0 Å². The summed E-state index contributed by atoms with van der Waals surface area (Å²) in [6.45, 7) is 0.616. The minimum Gasteiger partial charge on any atom is -0.493 e. The first-order chi connectivity index (χ1) is 14.4. The molecule has 1 unspecified atom stereocenters. The normalized spacial score (nSPS) is 11.3. The first kappa shape index (κ1) is 22.8. The number of esters is 1. The molecule has 0 aromatic heterocycles. The predicted molar refractivity (Wildman–Crippen MR) is 106 cm³/mol. The first-order valence-corrected chi connectivity index (χ1v) is 8.87. The SMILES string of the molecule is COc1cc(C(=O)C(CO)Oc2c(OC)cccc2OC)cc(OC)c1OC(C)=O. The third-order valence-electron chi connectivity index (χ3n) is 4.09. The molecule has 0 aliphatic rings. The van der Waals surface area contributed by atoms with Gasteiger partial charge in [-0.25, -0.2) is 0 Å². The molecule has 0 aliphatic carbocycles. The van der Waals surface area contributed by atoms with Crippen molar-refractivity contribution >= 4 is 11.8 Å². The average molecular weight is 420 g/mol. The van der Waals surface area contributed by atoms with E-state index in [0.29, 0.717) is 11.5 Å². The van der Waals surface area contributed by atoms with Crippen molar-refractivity contribution in [1.29, 1.82) is 0 Å².